The standard InChI is InChI=1S/C14H26N6O/c1-3-12-17-13(11(2)14(18-12)19-15)16-5-4-6-20-7-9-21-10-8-20/h3-10,15H2,1-2H3,(H2,16,17,18,19). The maximum Gasteiger partial charge on any atom is 0.148 e. The molecule has 1 saturated heterocycles. The molecule has 0 atom stereocenters. The average Bonchev–Trinajstić information content (AvgIpc) is 2.54. The highest BCUT2D eigenvalue weighted by molar-refractivity contribution is 5.56. The van der Waals surface area contributed by atoms with E-state index in [-0.39, 0.29) is 0 Å². The van der Waals surface area contributed by atoms with Gasteiger partial charge in [0.2, 0.25) is 0 Å². The van der Waals surface area contributed by atoms with Gasteiger partial charge >= 0.3 is 0 Å². The average molecular weight is 294 g/mol. The number of nitrogens with zero attached hydrogens (tertiary/aromatic N) is 3. The van der Waals surface area contributed by atoms with Crippen LogP contribution in [0.3, 0.4) is 0 Å². The van der Waals surface area contributed by atoms with Gasteiger partial charge < -0.3 is 15.5 Å². The molecule has 7 heteroatoms. The molecule has 0 amide bonds. The van der Waals surface area contributed by atoms with Gasteiger partial charge in [-0.25, -0.2) is 15.8 Å². The summed E-state index contributed by atoms with van der Waals surface area (Å²) in [6.45, 7) is 9.76. The zero-order valence-corrected chi connectivity index (χ0v) is 13.0. The third-order valence-corrected chi connectivity index (χ3v) is 3.69. The smallest absolute Gasteiger partial charge is 0.148 e. The highest BCUT2D eigenvalue weighted by atomic mass is 16.5. The van der Waals surface area contributed by atoms with Crippen molar-refractivity contribution in [3.63, 3.8) is 0 Å². The van der Waals surface area contributed by atoms with Crippen LogP contribution < -0.4 is 16.6 Å². The number of aromatic nitrogens is 2. The summed E-state index contributed by atoms with van der Waals surface area (Å²) in [5.41, 5.74) is 3.60. The fourth-order valence-corrected chi connectivity index (χ4v) is 2.37. The molecular formula is C14H26N6O. The van der Waals surface area contributed by atoms with Crippen LogP contribution in [0.1, 0.15) is 24.7 Å². The summed E-state index contributed by atoms with van der Waals surface area (Å²) in [7, 11) is 0. The van der Waals surface area contributed by atoms with Crippen LogP contribution in [0, 0.1) is 6.92 Å². The second-order valence-electron chi connectivity index (χ2n) is 5.19. The van der Waals surface area contributed by atoms with Crippen molar-refractivity contribution in [3.05, 3.63) is 11.4 Å². The van der Waals surface area contributed by atoms with E-state index >= 15 is 0 Å². The molecule has 0 aromatic carbocycles. The third kappa shape index (κ3) is 4.52. The van der Waals surface area contributed by atoms with Gasteiger partial charge in [-0.3, -0.25) is 4.90 Å². The van der Waals surface area contributed by atoms with Gasteiger partial charge in [0.05, 0.1) is 13.2 Å². The Hall–Kier alpha value is -1.44. The van der Waals surface area contributed by atoms with Crippen molar-refractivity contribution < 1.29 is 4.74 Å². The van der Waals surface area contributed by atoms with Gasteiger partial charge in [-0.2, -0.15) is 0 Å². The van der Waals surface area contributed by atoms with Gasteiger partial charge in [0.1, 0.15) is 17.5 Å². The second kappa shape index (κ2) is 8.11. The van der Waals surface area contributed by atoms with Crippen LogP contribution in [0.2, 0.25) is 0 Å². The number of ether oxygens (including phenoxy) is 1. The minimum Gasteiger partial charge on any atom is -0.379 e. The summed E-state index contributed by atoms with van der Waals surface area (Å²) in [6.07, 6.45) is 1.87. The summed E-state index contributed by atoms with van der Waals surface area (Å²) >= 11 is 0. The Labute approximate surface area is 126 Å². The predicted molar refractivity (Wildman–Crippen MR) is 84.3 cm³/mol. The lowest BCUT2D eigenvalue weighted by molar-refractivity contribution is 0.0378. The fourth-order valence-electron chi connectivity index (χ4n) is 2.37. The minimum absolute atomic E-state index is 0.692. The van der Waals surface area contributed by atoms with Crippen LogP contribution in [0.25, 0.3) is 0 Å². The van der Waals surface area contributed by atoms with E-state index in [1.54, 1.807) is 0 Å². The van der Waals surface area contributed by atoms with Crippen molar-refractivity contribution in [1.82, 2.24) is 14.9 Å². The van der Waals surface area contributed by atoms with Gasteiger partial charge in [0.15, 0.2) is 0 Å². The molecule has 1 fully saturated rings. The van der Waals surface area contributed by atoms with E-state index in [0.29, 0.717) is 5.82 Å². The number of anilines is 2. The van der Waals surface area contributed by atoms with Gasteiger partial charge in [-0.1, -0.05) is 6.92 Å². The molecule has 2 rings (SSSR count). The zero-order chi connectivity index (χ0) is 15.1. The molecule has 1 aromatic rings. The van der Waals surface area contributed by atoms with Crippen LogP contribution in [0.15, 0.2) is 0 Å². The Balaban J connectivity index is 1.84. The SMILES string of the molecule is CCc1nc(NN)c(C)c(NCCCN2CCOCC2)n1. The van der Waals surface area contributed by atoms with E-state index in [2.05, 4.69) is 25.6 Å². The molecule has 0 bridgehead atoms. The van der Waals surface area contributed by atoms with Gasteiger partial charge in [0.25, 0.3) is 0 Å². The highest BCUT2D eigenvalue weighted by Gasteiger charge is 2.11. The fraction of sp³-hybridized carbons (Fsp3) is 0.714. The minimum atomic E-state index is 0.692. The maximum absolute atomic E-state index is 5.51. The van der Waals surface area contributed by atoms with Crippen molar-refractivity contribution in [2.24, 2.45) is 5.84 Å². The number of nitrogens with one attached hydrogen (secondary N) is 2. The number of morpholine rings is 1. The topological polar surface area (TPSA) is 88.3 Å². The molecule has 1 aromatic heterocycles. The van der Waals surface area contributed by atoms with E-state index in [4.69, 9.17) is 10.6 Å². The second-order valence-corrected chi connectivity index (χ2v) is 5.19. The number of nitrogens with two attached hydrogens (primary N) is 1. The monoisotopic (exact) mass is 294 g/mol. The number of rotatable bonds is 7. The van der Waals surface area contributed by atoms with Crippen LogP contribution in [-0.2, 0) is 11.2 Å². The maximum atomic E-state index is 5.51. The molecule has 1 aliphatic heterocycles. The number of aryl methyl sites for hydroxylation is 1. The largest absolute Gasteiger partial charge is 0.379 e. The number of hydrogen-bond donors (Lipinski definition) is 3. The Morgan fingerprint density at radius 3 is 2.62 bits per heavy atom. The van der Waals surface area contributed by atoms with Crippen molar-refractivity contribution in [1.29, 1.82) is 0 Å². The molecule has 0 aliphatic carbocycles. The Morgan fingerprint density at radius 2 is 1.95 bits per heavy atom. The van der Waals surface area contributed by atoms with Crippen molar-refractivity contribution in [3.8, 4) is 0 Å². The first-order chi connectivity index (χ1) is 10.2. The Bertz CT molecular complexity index is 447. The summed E-state index contributed by atoms with van der Waals surface area (Å²) < 4.78 is 5.35. The summed E-state index contributed by atoms with van der Waals surface area (Å²) in [5.74, 6) is 7.87. The molecule has 0 spiro atoms. The molecule has 118 valence electrons. The van der Waals surface area contributed by atoms with Gasteiger partial charge in [-0.05, 0) is 19.9 Å². The first-order valence-corrected chi connectivity index (χ1v) is 7.62. The quantitative estimate of drug-likeness (QED) is 0.389. The predicted octanol–water partition coefficient (Wildman–Crippen LogP) is 0.767. The Kier molecular flexibility index (Phi) is 6.16. The summed E-state index contributed by atoms with van der Waals surface area (Å²) in [4.78, 5) is 11.3. The lowest BCUT2D eigenvalue weighted by atomic mass is 10.2. The summed E-state index contributed by atoms with van der Waals surface area (Å²) in [5, 5.41) is 3.40. The van der Waals surface area contributed by atoms with E-state index in [1.165, 1.54) is 0 Å². The van der Waals surface area contributed by atoms with Crippen LogP contribution in [-0.4, -0.2) is 54.3 Å². The van der Waals surface area contributed by atoms with Crippen LogP contribution in [0.5, 0.6) is 0 Å². The van der Waals surface area contributed by atoms with Crippen molar-refractivity contribution in [2.75, 3.05) is 50.1 Å². The highest BCUT2D eigenvalue weighted by Crippen LogP contribution is 2.19. The molecule has 4 N–H and O–H groups in total. The first kappa shape index (κ1) is 15.9. The molecule has 21 heavy (non-hydrogen) atoms. The molecule has 2 heterocycles. The zero-order valence-electron chi connectivity index (χ0n) is 13.0. The van der Waals surface area contributed by atoms with Crippen LogP contribution >= 0.6 is 0 Å². The van der Waals surface area contributed by atoms with E-state index < -0.39 is 0 Å². The van der Waals surface area contributed by atoms with Gasteiger partial charge in [-0.15, -0.1) is 0 Å². The molecular weight excluding hydrogens is 268 g/mol. The first-order valence-electron chi connectivity index (χ1n) is 7.62. The lowest BCUT2D eigenvalue weighted by Crippen LogP contribution is -2.37. The molecule has 0 saturated carbocycles. The Morgan fingerprint density at radius 1 is 1.24 bits per heavy atom. The third-order valence-electron chi connectivity index (χ3n) is 3.69. The van der Waals surface area contributed by atoms with Crippen LogP contribution in [0.4, 0.5) is 11.6 Å². The van der Waals surface area contributed by atoms with E-state index in [0.717, 1.165) is 69.4 Å². The van der Waals surface area contributed by atoms with E-state index in [9.17, 15) is 0 Å². The summed E-state index contributed by atoms with van der Waals surface area (Å²) in [6, 6.07) is 0. The lowest BCUT2D eigenvalue weighted by Gasteiger charge is -2.26. The van der Waals surface area contributed by atoms with Crippen molar-refractivity contribution in [2.45, 2.75) is 26.7 Å². The van der Waals surface area contributed by atoms with Crippen molar-refractivity contribution >= 4 is 11.6 Å². The number of nitrogen functional groups attached to an aromatic ring is 1. The molecule has 0 radical (unpaired) electrons. The molecule has 1 aliphatic rings. The van der Waals surface area contributed by atoms with E-state index in [1.807, 2.05) is 13.8 Å². The normalized spacial score (nSPS) is 16.0. The van der Waals surface area contributed by atoms with Gasteiger partial charge in [0, 0.05) is 31.6 Å². The number of hydrazine groups is 1. The molecule has 7 nitrogen and oxygen atoms in total. The number of hydrogen-bond acceptors (Lipinski definition) is 7. The molecule has 0 unspecified atom stereocenters.